The number of thiazole rings is 1. The molecule has 0 bridgehead atoms. The number of carboxylic acids is 1. The summed E-state index contributed by atoms with van der Waals surface area (Å²) >= 11 is 1.36. The van der Waals surface area contributed by atoms with Gasteiger partial charge in [-0.15, -0.1) is 11.3 Å². The molecule has 7 heteroatoms. The Morgan fingerprint density at radius 2 is 2.20 bits per heavy atom. The molecule has 0 radical (unpaired) electrons. The zero-order valence-corrected chi connectivity index (χ0v) is 14.6. The van der Waals surface area contributed by atoms with Gasteiger partial charge in [0.2, 0.25) is 5.91 Å². The number of hydrogen-bond acceptors (Lipinski definition) is 4. The second kappa shape index (κ2) is 7.31. The number of halogens is 1. The molecule has 1 aromatic carbocycles. The van der Waals surface area contributed by atoms with E-state index in [2.05, 4.69) is 4.98 Å². The second-order valence-corrected chi connectivity index (χ2v) is 7.36. The molecule has 1 saturated heterocycles. The molecule has 2 atom stereocenters. The van der Waals surface area contributed by atoms with Crippen LogP contribution in [0.3, 0.4) is 0 Å². The predicted molar refractivity (Wildman–Crippen MR) is 92.7 cm³/mol. The Kier molecular flexibility index (Phi) is 5.13. The van der Waals surface area contributed by atoms with E-state index in [0.717, 1.165) is 0 Å². The fraction of sp³-hybridized carbons (Fsp3) is 0.389. The molecule has 2 aromatic rings. The minimum absolute atomic E-state index is 0.117. The Hall–Kier alpha value is -2.28. The first kappa shape index (κ1) is 17.5. The molecule has 1 aromatic heterocycles. The van der Waals surface area contributed by atoms with Crippen molar-refractivity contribution in [3.8, 4) is 10.6 Å². The van der Waals surface area contributed by atoms with Crippen LogP contribution in [-0.2, 0) is 16.0 Å². The van der Waals surface area contributed by atoms with Gasteiger partial charge in [-0.05, 0) is 24.5 Å². The van der Waals surface area contributed by atoms with Crippen LogP contribution in [0, 0.1) is 17.7 Å². The van der Waals surface area contributed by atoms with Crippen LogP contribution in [0.4, 0.5) is 4.39 Å². The number of carbonyl (C=O) groups excluding carboxylic acids is 1. The van der Waals surface area contributed by atoms with Crippen LogP contribution < -0.4 is 0 Å². The molecular weight excluding hydrogens is 343 g/mol. The van der Waals surface area contributed by atoms with Gasteiger partial charge in [0.05, 0.1) is 18.0 Å². The number of nitrogens with zero attached hydrogens (tertiary/aromatic N) is 2. The van der Waals surface area contributed by atoms with Crippen LogP contribution in [0.5, 0.6) is 0 Å². The van der Waals surface area contributed by atoms with E-state index in [9.17, 15) is 19.1 Å². The van der Waals surface area contributed by atoms with Crippen molar-refractivity contribution in [3.63, 3.8) is 0 Å². The lowest BCUT2D eigenvalue weighted by Crippen LogP contribution is -2.46. The monoisotopic (exact) mass is 362 g/mol. The molecule has 1 amide bonds. The van der Waals surface area contributed by atoms with E-state index in [0.29, 0.717) is 29.2 Å². The fourth-order valence-corrected chi connectivity index (χ4v) is 3.96. The lowest BCUT2D eigenvalue weighted by Gasteiger charge is -2.34. The molecule has 1 aliphatic rings. The average molecular weight is 362 g/mol. The summed E-state index contributed by atoms with van der Waals surface area (Å²) in [4.78, 5) is 29.8. The van der Waals surface area contributed by atoms with E-state index >= 15 is 0 Å². The van der Waals surface area contributed by atoms with E-state index in [1.807, 2.05) is 6.92 Å². The first-order valence-electron chi connectivity index (χ1n) is 8.13. The van der Waals surface area contributed by atoms with Gasteiger partial charge in [-0.1, -0.05) is 19.1 Å². The zero-order valence-electron chi connectivity index (χ0n) is 13.8. The van der Waals surface area contributed by atoms with Crippen molar-refractivity contribution in [2.24, 2.45) is 11.8 Å². The predicted octanol–water partition coefficient (Wildman–Crippen LogP) is 3.06. The van der Waals surface area contributed by atoms with Crippen LogP contribution in [0.1, 0.15) is 19.0 Å². The van der Waals surface area contributed by atoms with Gasteiger partial charge in [0.1, 0.15) is 10.8 Å². The molecular formula is C18H19FN2O3S. The molecule has 5 nitrogen and oxygen atoms in total. The lowest BCUT2D eigenvalue weighted by atomic mass is 9.90. The summed E-state index contributed by atoms with van der Waals surface area (Å²) in [5.41, 5.74) is 1.31. The van der Waals surface area contributed by atoms with E-state index in [-0.39, 0.29) is 30.6 Å². The third-order valence-corrected chi connectivity index (χ3v) is 5.26. The first-order chi connectivity index (χ1) is 11.9. The third-order valence-electron chi connectivity index (χ3n) is 4.32. The standard InChI is InChI=1S/C18H19FN2O3S/c1-11-5-13(18(23)24)9-21(8-11)16(22)7-15-10-25-17(20-15)12-3-2-4-14(19)6-12/h2-4,6,10-11,13H,5,7-9H2,1H3,(H,23,24). The number of piperidine rings is 1. The van der Waals surface area contributed by atoms with Gasteiger partial charge in [-0.3, -0.25) is 9.59 Å². The average Bonchev–Trinajstić information content (AvgIpc) is 3.02. The Balaban J connectivity index is 1.68. The molecule has 2 unspecified atom stereocenters. The summed E-state index contributed by atoms with van der Waals surface area (Å²) in [5, 5.41) is 11.7. The van der Waals surface area contributed by atoms with Gasteiger partial charge >= 0.3 is 5.97 Å². The highest BCUT2D eigenvalue weighted by molar-refractivity contribution is 7.13. The summed E-state index contributed by atoms with van der Waals surface area (Å²) in [6, 6.07) is 6.18. The van der Waals surface area contributed by atoms with Crippen LogP contribution in [0.2, 0.25) is 0 Å². The quantitative estimate of drug-likeness (QED) is 0.907. The van der Waals surface area contributed by atoms with Crippen LogP contribution in [0.25, 0.3) is 10.6 Å². The molecule has 1 fully saturated rings. The zero-order chi connectivity index (χ0) is 18.0. The van der Waals surface area contributed by atoms with Gasteiger partial charge in [0.25, 0.3) is 0 Å². The number of carboxylic acid groups (broad SMARTS) is 1. The molecule has 25 heavy (non-hydrogen) atoms. The molecule has 3 rings (SSSR count). The SMILES string of the molecule is CC1CC(C(=O)O)CN(C(=O)Cc2csc(-c3cccc(F)c3)n2)C1. The van der Waals surface area contributed by atoms with E-state index in [1.165, 1.54) is 23.5 Å². The number of amides is 1. The number of rotatable bonds is 4. The highest BCUT2D eigenvalue weighted by atomic mass is 32.1. The molecule has 0 aliphatic carbocycles. The minimum atomic E-state index is -0.855. The number of aromatic nitrogens is 1. The van der Waals surface area contributed by atoms with Crippen LogP contribution in [-0.4, -0.2) is 40.0 Å². The van der Waals surface area contributed by atoms with Crippen LogP contribution >= 0.6 is 11.3 Å². The maximum absolute atomic E-state index is 13.3. The number of aliphatic carboxylic acids is 1. The van der Waals surface area contributed by atoms with Gasteiger partial charge in [0, 0.05) is 24.0 Å². The third kappa shape index (κ3) is 4.22. The van der Waals surface area contributed by atoms with E-state index in [4.69, 9.17) is 0 Å². The summed E-state index contributed by atoms with van der Waals surface area (Å²) in [6.45, 7) is 2.78. The molecule has 132 valence electrons. The molecule has 0 saturated carbocycles. The van der Waals surface area contributed by atoms with Crippen LogP contribution in [0.15, 0.2) is 29.6 Å². The Bertz CT molecular complexity index is 792. The van der Waals surface area contributed by atoms with Crippen molar-refractivity contribution in [1.29, 1.82) is 0 Å². The Morgan fingerprint density at radius 1 is 1.40 bits per heavy atom. The van der Waals surface area contributed by atoms with Crippen molar-refractivity contribution >= 4 is 23.2 Å². The van der Waals surface area contributed by atoms with Crippen molar-refractivity contribution in [2.75, 3.05) is 13.1 Å². The number of benzene rings is 1. The van der Waals surface area contributed by atoms with Gasteiger partial charge < -0.3 is 10.0 Å². The number of hydrogen-bond donors (Lipinski definition) is 1. The highest BCUT2D eigenvalue weighted by Crippen LogP contribution is 2.26. The Morgan fingerprint density at radius 3 is 2.92 bits per heavy atom. The smallest absolute Gasteiger partial charge is 0.308 e. The summed E-state index contributed by atoms with van der Waals surface area (Å²) in [7, 11) is 0. The van der Waals surface area contributed by atoms with Crippen molar-refractivity contribution < 1.29 is 19.1 Å². The summed E-state index contributed by atoms with van der Waals surface area (Å²) in [5.74, 6) is -1.64. The first-order valence-corrected chi connectivity index (χ1v) is 9.01. The molecule has 1 N–H and O–H groups in total. The lowest BCUT2D eigenvalue weighted by molar-refractivity contribution is -0.146. The number of carbonyl (C=O) groups is 2. The highest BCUT2D eigenvalue weighted by Gasteiger charge is 2.31. The normalized spacial score (nSPS) is 20.5. The fourth-order valence-electron chi connectivity index (χ4n) is 3.14. The van der Waals surface area contributed by atoms with Gasteiger partial charge in [-0.25, -0.2) is 9.37 Å². The largest absolute Gasteiger partial charge is 0.481 e. The Labute approximate surface area is 149 Å². The van der Waals surface area contributed by atoms with E-state index < -0.39 is 11.9 Å². The van der Waals surface area contributed by atoms with Crippen molar-refractivity contribution in [3.05, 3.63) is 41.2 Å². The maximum atomic E-state index is 13.3. The molecule has 2 heterocycles. The number of likely N-dealkylation sites (tertiary alicyclic amines) is 1. The van der Waals surface area contributed by atoms with Crippen molar-refractivity contribution in [2.45, 2.75) is 19.8 Å². The molecule has 0 spiro atoms. The maximum Gasteiger partial charge on any atom is 0.308 e. The second-order valence-electron chi connectivity index (χ2n) is 6.51. The van der Waals surface area contributed by atoms with Gasteiger partial charge in [0.15, 0.2) is 0 Å². The van der Waals surface area contributed by atoms with Crippen molar-refractivity contribution in [1.82, 2.24) is 9.88 Å². The topological polar surface area (TPSA) is 70.5 Å². The van der Waals surface area contributed by atoms with Gasteiger partial charge in [-0.2, -0.15) is 0 Å². The summed E-state index contributed by atoms with van der Waals surface area (Å²) < 4.78 is 13.3. The summed E-state index contributed by atoms with van der Waals surface area (Å²) in [6.07, 6.45) is 0.727. The molecule has 1 aliphatic heterocycles. The minimum Gasteiger partial charge on any atom is -0.481 e. The van der Waals surface area contributed by atoms with E-state index in [1.54, 1.807) is 22.4 Å².